The van der Waals surface area contributed by atoms with Crippen LogP contribution >= 0.6 is 0 Å². The van der Waals surface area contributed by atoms with Crippen LogP contribution in [-0.4, -0.2) is 0 Å². The molecule has 0 aliphatic heterocycles. The smallest absolute Gasteiger partial charge is 2.00 e. The van der Waals surface area contributed by atoms with E-state index in [9.17, 15) is 0 Å². The quantitative estimate of drug-likeness (QED) is 0.529. The number of hydrogen-bond acceptors (Lipinski definition) is 0. The molecule has 0 aliphatic rings. The van der Waals surface area contributed by atoms with Crippen molar-refractivity contribution in [2.45, 2.75) is 0 Å². The predicted octanol–water partition coefficient (Wildman–Crippen LogP) is -0.238. The predicted molar refractivity (Wildman–Crippen MR) is 1.37 cm³/mol. The molecular weight excluding hydrogens is 370 g/mol. The average molecular weight is 370 g/mol. The summed E-state index contributed by atoms with van der Waals surface area (Å²) < 4.78 is 0. The van der Waals surface area contributed by atoms with Crippen molar-refractivity contribution in [2.75, 3.05) is 0 Å². The zero-order valence-corrected chi connectivity index (χ0v) is 5.03. The third-order valence-corrected chi connectivity index (χ3v) is 0. The monoisotopic (exact) mass is 371 g/mol. The van der Waals surface area contributed by atoms with E-state index in [2.05, 4.69) is 0 Å². The standard InChI is InChI=1S/Ho.2O.Yb/q+3;2*-2;+3. The van der Waals surface area contributed by atoms with E-state index in [-0.39, 0.29) is 95.6 Å². The first-order valence-electron chi connectivity index (χ1n) is 0. The molecule has 0 aliphatic carbocycles. The van der Waals surface area contributed by atoms with Gasteiger partial charge in [-0.1, -0.05) is 0 Å². The third-order valence-electron chi connectivity index (χ3n) is 0. The molecule has 35 valence electrons. The van der Waals surface area contributed by atoms with Gasteiger partial charge in [-0.15, -0.1) is 0 Å². The summed E-state index contributed by atoms with van der Waals surface area (Å²) in [6, 6.07) is 0. The Kier molecular flexibility index (Phi) is 129. The van der Waals surface area contributed by atoms with Crippen molar-refractivity contribution in [1.29, 1.82) is 0 Å². The Hall–Kier alpha value is 2.70. The molecule has 2 nitrogen and oxygen atoms in total. The van der Waals surface area contributed by atoms with Crippen molar-refractivity contribution >= 4 is 0 Å². The summed E-state index contributed by atoms with van der Waals surface area (Å²) in [6.07, 6.45) is 0. The Morgan fingerprint density at radius 3 is 0.750 bits per heavy atom. The Morgan fingerprint density at radius 2 is 0.750 bits per heavy atom. The number of rotatable bonds is 0. The summed E-state index contributed by atoms with van der Waals surface area (Å²) in [5, 5.41) is 0. The fourth-order valence-corrected chi connectivity index (χ4v) is 0. The van der Waals surface area contributed by atoms with E-state index in [4.69, 9.17) is 0 Å². The first-order valence-corrected chi connectivity index (χ1v) is 0. The van der Waals surface area contributed by atoms with Crippen LogP contribution in [0.3, 0.4) is 0 Å². The molecule has 0 fully saturated rings. The van der Waals surface area contributed by atoms with Gasteiger partial charge in [-0.25, -0.2) is 0 Å². The van der Waals surface area contributed by atoms with Gasteiger partial charge in [0.2, 0.25) is 0 Å². The minimum absolute atomic E-state index is 0. The summed E-state index contributed by atoms with van der Waals surface area (Å²) >= 11 is 0. The van der Waals surface area contributed by atoms with E-state index in [1.54, 1.807) is 0 Å². The van der Waals surface area contributed by atoms with E-state index < -0.39 is 0 Å². The molecule has 0 aromatic heterocycles. The molecular formula is HoO2Yb+2. The molecule has 0 bridgehead atoms. The molecule has 0 amide bonds. The van der Waals surface area contributed by atoms with Crippen molar-refractivity contribution < 1.29 is 95.6 Å². The van der Waals surface area contributed by atoms with Crippen LogP contribution in [0, 0.1) is 84.7 Å². The summed E-state index contributed by atoms with van der Waals surface area (Å²) in [7, 11) is 0. The fourth-order valence-electron chi connectivity index (χ4n) is 0. The molecule has 1 radical (unpaired) electrons. The van der Waals surface area contributed by atoms with Gasteiger partial charge in [0.05, 0.1) is 0 Å². The molecule has 4 heavy (non-hydrogen) atoms. The van der Waals surface area contributed by atoms with Gasteiger partial charge in [0.15, 0.2) is 0 Å². The number of hydrogen-bond donors (Lipinski definition) is 0. The molecule has 0 saturated carbocycles. The zero-order valence-electron chi connectivity index (χ0n) is 1.39. The SMILES string of the molecule is [Ho+3].[O-2].[O-2].[Yb+3]. The van der Waals surface area contributed by atoms with Crippen molar-refractivity contribution in [3.63, 3.8) is 0 Å². The first-order chi connectivity index (χ1) is 0. The van der Waals surface area contributed by atoms with Crippen LogP contribution in [0.4, 0.5) is 0 Å². The largest absolute Gasteiger partial charge is 3.00 e. The van der Waals surface area contributed by atoms with E-state index >= 15 is 0 Å². The third kappa shape index (κ3) is 8.83. The Morgan fingerprint density at radius 1 is 0.750 bits per heavy atom. The topological polar surface area (TPSA) is 57.0 Å². The van der Waals surface area contributed by atoms with Gasteiger partial charge in [0.1, 0.15) is 0 Å². The molecule has 0 rings (SSSR count). The molecule has 0 atom stereocenters. The second-order valence-corrected chi connectivity index (χ2v) is 0. The van der Waals surface area contributed by atoms with Gasteiger partial charge in [-0.3, -0.25) is 0 Å². The molecule has 0 N–H and O–H groups in total. The maximum Gasteiger partial charge on any atom is 3.00 e. The molecule has 0 aromatic rings. The maximum atomic E-state index is 0. The van der Waals surface area contributed by atoms with Gasteiger partial charge < -0.3 is 11.0 Å². The van der Waals surface area contributed by atoms with Crippen LogP contribution < -0.4 is 0 Å². The first kappa shape index (κ1) is 29.9. The van der Waals surface area contributed by atoms with Crippen molar-refractivity contribution in [3.05, 3.63) is 0 Å². The van der Waals surface area contributed by atoms with Gasteiger partial charge in [0, 0.05) is 0 Å². The Balaban J connectivity index is 0. The molecule has 0 heterocycles. The van der Waals surface area contributed by atoms with Gasteiger partial charge >= 0.3 is 84.7 Å². The molecule has 4 heteroatoms. The van der Waals surface area contributed by atoms with E-state index in [1.165, 1.54) is 0 Å². The van der Waals surface area contributed by atoms with E-state index in [0.29, 0.717) is 0 Å². The van der Waals surface area contributed by atoms with Crippen LogP contribution in [0.15, 0.2) is 0 Å². The van der Waals surface area contributed by atoms with Crippen LogP contribution in [-0.2, 0) is 11.0 Å². The van der Waals surface area contributed by atoms with Crippen LogP contribution in [0.2, 0.25) is 0 Å². The van der Waals surface area contributed by atoms with Crippen LogP contribution in [0.25, 0.3) is 0 Å². The van der Waals surface area contributed by atoms with Crippen molar-refractivity contribution in [2.24, 2.45) is 0 Å². The van der Waals surface area contributed by atoms with E-state index in [0.717, 1.165) is 0 Å². The summed E-state index contributed by atoms with van der Waals surface area (Å²) in [5.41, 5.74) is 0. The summed E-state index contributed by atoms with van der Waals surface area (Å²) in [6.45, 7) is 0. The maximum absolute atomic E-state index is 0. The minimum Gasteiger partial charge on any atom is -2.00 e. The fraction of sp³-hybridized carbons (Fsp3) is 0. The molecule has 0 aromatic carbocycles. The second kappa shape index (κ2) is 17.3. The van der Waals surface area contributed by atoms with Crippen LogP contribution in [0.1, 0.15) is 0 Å². The van der Waals surface area contributed by atoms with Gasteiger partial charge in [-0.2, -0.15) is 0 Å². The minimum atomic E-state index is 0. The Labute approximate surface area is 93.2 Å². The van der Waals surface area contributed by atoms with E-state index in [1.807, 2.05) is 0 Å². The molecule has 0 spiro atoms. The zero-order chi connectivity index (χ0) is 0. The van der Waals surface area contributed by atoms with Gasteiger partial charge in [-0.05, 0) is 0 Å². The molecule has 0 unspecified atom stereocenters. The normalized spacial score (nSPS) is 0. The van der Waals surface area contributed by atoms with Crippen LogP contribution in [0.5, 0.6) is 0 Å². The Bertz CT molecular complexity index is 6.00. The van der Waals surface area contributed by atoms with Gasteiger partial charge in [0.25, 0.3) is 0 Å². The second-order valence-electron chi connectivity index (χ2n) is 0. The molecule has 0 saturated heterocycles. The average Bonchev–Trinajstić information content (AvgIpc) is 0. The van der Waals surface area contributed by atoms with Crippen molar-refractivity contribution in [3.8, 4) is 0 Å². The summed E-state index contributed by atoms with van der Waals surface area (Å²) in [4.78, 5) is 0. The van der Waals surface area contributed by atoms with Crippen molar-refractivity contribution in [1.82, 2.24) is 0 Å². The summed E-state index contributed by atoms with van der Waals surface area (Å²) in [5.74, 6) is 0.